The molecule has 0 saturated carbocycles. The summed E-state index contributed by atoms with van der Waals surface area (Å²) in [7, 11) is -3.17. The van der Waals surface area contributed by atoms with E-state index >= 15 is 0 Å². The van der Waals surface area contributed by atoms with Gasteiger partial charge in [-0.1, -0.05) is 30.3 Å². The van der Waals surface area contributed by atoms with Crippen LogP contribution < -0.4 is 15.9 Å². The van der Waals surface area contributed by atoms with Crippen LogP contribution in [0.4, 0.5) is 0 Å². The van der Waals surface area contributed by atoms with E-state index in [2.05, 4.69) is 90.4 Å². The molecule has 0 fully saturated rings. The van der Waals surface area contributed by atoms with Crippen molar-refractivity contribution in [3.63, 3.8) is 0 Å². The standard InChI is InChI=1S/C18H11I4O3P/c19-13-6-11(7-14(20)17(13)23)26(25,10-4-2-1-3-5-10)12-8-15(21)18(24)16(22)9-12/h1-9,23-24H. The number of phenolic OH excluding ortho intramolecular Hbond substituents is 2. The molecule has 2 N–H and O–H groups in total. The van der Waals surface area contributed by atoms with Gasteiger partial charge in [-0.25, -0.2) is 0 Å². The molecule has 0 saturated heterocycles. The van der Waals surface area contributed by atoms with Crippen LogP contribution in [0.25, 0.3) is 0 Å². The lowest BCUT2D eigenvalue weighted by atomic mass is 10.3. The van der Waals surface area contributed by atoms with Crippen LogP contribution in [0.5, 0.6) is 11.5 Å². The van der Waals surface area contributed by atoms with E-state index in [0.29, 0.717) is 24.9 Å². The summed E-state index contributed by atoms with van der Waals surface area (Å²) >= 11 is 8.22. The molecule has 0 radical (unpaired) electrons. The first-order valence-electron chi connectivity index (χ1n) is 7.28. The second kappa shape index (κ2) is 8.42. The maximum Gasteiger partial charge on any atom is 0.171 e. The number of hydrogen-bond acceptors (Lipinski definition) is 3. The Morgan fingerprint density at radius 3 is 1.31 bits per heavy atom. The molecule has 0 aliphatic rings. The summed E-state index contributed by atoms with van der Waals surface area (Å²) < 4.78 is 17.1. The number of rotatable bonds is 3. The van der Waals surface area contributed by atoms with E-state index in [4.69, 9.17) is 0 Å². The molecule has 3 aromatic rings. The first kappa shape index (κ1) is 21.1. The molecular weight excluding hydrogens is 803 g/mol. The zero-order valence-electron chi connectivity index (χ0n) is 13.0. The minimum Gasteiger partial charge on any atom is -0.506 e. The number of phenols is 2. The third-order valence-corrected chi connectivity index (χ3v) is 10.1. The molecule has 0 amide bonds. The first-order valence-corrected chi connectivity index (χ1v) is 13.3. The lowest BCUT2D eigenvalue weighted by Crippen LogP contribution is -2.26. The van der Waals surface area contributed by atoms with Gasteiger partial charge < -0.3 is 14.8 Å². The van der Waals surface area contributed by atoms with Crippen LogP contribution in [-0.2, 0) is 4.57 Å². The van der Waals surface area contributed by atoms with Crippen LogP contribution in [0.15, 0.2) is 54.6 Å². The highest BCUT2D eigenvalue weighted by molar-refractivity contribution is 14.1. The van der Waals surface area contributed by atoms with Crippen molar-refractivity contribution in [2.75, 3.05) is 0 Å². The second-order valence-electron chi connectivity index (χ2n) is 5.46. The van der Waals surface area contributed by atoms with Gasteiger partial charge in [0.2, 0.25) is 0 Å². The highest BCUT2D eigenvalue weighted by atomic mass is 127. The van der Waals surface area contributed by atoms with Crippen LogP contribution in [0, 0.1) is 14.3 Å². The molecule has 0 aromatic heterocycles. The van der Waals surface area contributed by atoms with E-state index in [0.717, 1.165) is 5.30 Å². The predicted octanol–water partition coefficient (Wildman–Crippen LogP) is 5.16. The normalized spacial score (nSPS) is 11.5. The van der Waals surface area contributed by atoms with Crippen molar-refractivity contribution in [3.8, 4) is 11.5 Å². The third-order valence-electron chi connectivity index (χ3n) is 3.85. The molecule has 0 bridgehead atoms. The van der Waals surface area contributed by atoms with Gasteiger partial charge >= 0.3 is 0 Å². The predicted molar refractivity (Wildman–Crippen MR) is 140 cm³/mol. The monoisotopic (exact) mass is 814 g/mol. The van der Waals surface area contributed by atoms with Gasteiger partial charge in [-0.15, -0.1) is 0 Å². The van der Waals surface area contributed by atoms with Crippen LogP contribution >= 0.6 is 97.5 Å². The van der Waals surface area contributed by atoms with Gasteiger partial charge in [-0.3, -0.25) is 0 Å². The summed E-state index contributed by atoms with van der Waals surface area (Å²) in [5.74, 6) is 0.397. The van der Waals surface area contributed by atoms with E-state index < -0.39 is 7.14 Å². The van der Waals surface area contributed by atoms with Gasteiger partial charge in [-0.05, 0) is 115 Å². The summed E-state index contributed by atoms with van der Waals surface area (Å²) in [6.45, 7) is 0. The van der Waals surface area contributed by atoms with E-state index in [1.165, 1.54) is 0 Å². The molecule has 3 nitrogen and oxygen atoms in total. The molecule has 0 aliphatic carbocycles. The Balaban J connectivity index is 2.38. The Kier molecular flexibility index (Phi) is 6.84. The third kappa shape index (κ3) is 3.92. The Bertz CT molecular complexity index is 930. The fourth-order valence-corrected chi connectivity index (χ4v) is 9.80. The highest BCUT2D eigenvalue weighted by Gasteiger charge is 2.32. The minimum absolute atomic E-state index is 0.199. The number of aromatic hydroxyl groups is 2. The van der Waals surface area contributed by atoms with E-state index in [1.54, 1.807) is 24.3 Å². The van der Waals surface area contributed by atoms with Crippen LogP contribution in [0.3, 0.4) is 0 Å². The second-order valence-corrected chi connectivity index (χ2v) is 12.9. The van der Waals surface area contributed by atoms with Crippen molar-refractivity contribution in [3.05, 3.63) is 68.9 Å². The van der Waals surface area contributed by atoms with Crippen molar-refractivity contribution in [1.29, 1.82) is 0 Å². The zero-order valence-corrected chi connectivity index (χ0v) is 22.5. The summed E-state index contributed by atoms with van der Waals surface area (Å²) in [4.78, 5) is 0. The first-order chi connectivity index (χ1) is 12.2. The average Bonchev–Trinajstić information content (AvgIpc) is 2.63. The Morgan fingerprint density at radius 2 is 0.962 bits per heavy atom. The smallest absolute Gasteiger partial charge is 0.171 e. The number of hydrogen-bond donors (Lipinski definition) is 2. The largest absolute Gasteiger partial charge is 0.506 e. The quantitative estimate of drug-likeness (QED) is 0.284. The minimum atomic E-state index is -3.17. The van der Waals surface area contributed by atoms with Gasteiger partial charge in [0.05, 0.1) is 14.3 Å². The van der Waals surface area contributed by atoms with Crippen molar-refractivity contribution in [2.45, 2.75) is 0 Å². The average molecular weight is 814 g/mol. The van der Waals surface area contributed by atoms with Gasteiger partial charge in [0.1, 0.15) is 11.5 Å². The van der Waals surface area contributed by atoms with E-state index in [9.17, 15) is 14.8 Å². The number of halogens is 4. The van der Waals surface area contributed by atoms with Crippen molar-refractivity contribution < 1.29 is 14.8 Å². The molecule has 0 unspecified atom stereocenters. The lowest BCUT2D eigenvalue weighted by molar-refractivity contribution is 0.467. The van der Waals surface area contributed by atoms with Gasteiger partial charge in [0.15, 0.2) is 7.14 Å². The lowest BCUT2D eigenvalue weighted by Gasteiger charge is -2.22. The van der Waals surface area contributed by atoms with E-state index in [-0.39, 0.29) is 11.5 Å². The van der Waals surface area contributed by atoms with E-state index in [1.807, 2.05) is 30.3 Å². The van der Waals surface area contributed by atoms with Crippen LogP contribution in [0.1, 0.15) is 0 Å². The molecule has 0 spiro atoms. The SMILES string of the molecule is O=P(c1ccccc1)(c1cc(I)c(O)c(I)c1)c1cc(I)c(O)c(I)c1. The topological polar surface area (TPSA) is 57.5 Å². The summed E-state index contributed by atoms with van der Waals surface area (Å²) in [6.07, 6.45) is 0. The van der Waals surface area contributed by atoms with Gasteiger partial charge in [0.25, 0.3) is 0 Å². The van der Waals surface area contributed by atoms with Crippen LogP contribution in [0.2, 0.25) is 0 Å². The molecule has 3 rings (SSSR count). The molecule has 8 heteroatoms. The maximum absolute atomic E-state index is 14.5. The Labute approximate surface area is 205 Å². The van der Waals surface area contributed by atoms with Crippen molar-refractivity contribution in [2.24, 2.45) is 0 Å². The maximum atomic E-state index is 14.5. The Hall–Kier alpha value is 0.410. The molecule has 26 heavy (non-hydrogen) atoms. The molecule has 0 heterocycles. The summed E-state index contributed by atoms with van der Waals surface area (Å²) in [5.41, 5.74) is 0. The van der Waals surface area contributed by atoms with Crippen molar-refractivity contribution in [1.82, 2.24) is 0 Å². The Morgan fingerprint density at radius 1 is 0.615 bits per heavy atom. The summed E-state index contributed by atoms with van der Waals surface area (Å²) in [6, 6.07) is 16.5. The fourth-order valence-electron chi connectivity index (χ4n) is 2.55. The molecule has 134 valence electrons. The molecule has 0 atom stereocenters. The molecule has 0 aliphatic heterocycles. The molecule has 3 aromatic carbocycles. The summed E-state index contributed by atoms with van der Waals surface area (Å²) in [5, 5.41) is 22.3. The fraction of sp³-hybridized carbons (Fsp3) is 0. The van der Waals surface area contributed by atoms with Crippen LogP contribution in [-0.4, -0.2) is 10.2 Å². The highest BCUT2D eigenvalue weighted by Crippen LogP contribution is 2.45. The van der Waals surface area contributed by atoms with Gasteiger partial charge in [0, 0.05) is 15.9 Å². The zero-order chi connectivity index (χ0) is 19.1. The molecular formula is C18H11I4O3P. The van der Waals surface area contributed by atoms with Gasteiger partial charge in [-0.2, -0.15) is 0 Å². The number of benzene rings is 3. The van der Waals surface area contributed by atoms with Crippen molar-refractivity contribution >= 4 is 113 Å².